The van der Waals surface area contributed by atoms with Gasteiger partial charge in [-0.05, 0) is 43.3 Å². The zero-order chi connectivity index (χ0) is 13.6. The number of fused-ring (bicyclic) bond motifs is 2. The predicted octanol–water partition coefficient (Wildman–Crippen LogP) is 1.52. The van der Waals surface area contributed by atoms with Crippen molar-refractivity contribution in [3.05, 3.63) is 22.4 Å². The van der Waals surface area contributed by atoms with Gasteiger partial charge in [-0.3, -0.25) is 9.79 Å². The molecule has 4 aliphatic rings. The summed E-state index contributed by atoms with van der Waals surface area (Å²) >= 11 is 1.67. The molecule has 0 radical (unpaired) electrons. The van der Waals surface area contributed by atoms with Crippen molar-refractivity contribution < 1.29 is 4.79 Å². The van der Waals surface area contributed by atoms with Gasteiger partial charge in [0.05, 0.1) is 24.2 Å². The van der Waals surface area contributed by atoms with Crippen LogP contribution in [0.5, 0.6) is 0 Å². The summed E-state index contributed by atoms with van der Waals surface area (Å²) in [5, 5.41) is 5.37. The van der Waals surface area contributed by atoms with E-state index in [-0.39, 0.29) is 11.4 Å². The van der Waals surface area contributed by atoms with E-state index >= 15 is 0 Å². The van der Waals surface area contributed by atoms with Crippen molar-refractivity contribution in [3.8, 4) is 0 Å². The summed E-state index contributed by atoms with van der Waals surface area (Å²) < 4.78 is 0. The molecule has 0 saturated carbocycles. The van der Waals surface area contributed by atoms with E-state index in [0.717, 1.165) is 23.7 Å². The minimum atomic E-state index is -0.105. The van der Waals surface area contributed by atoms with E-state index in [9.17, 15) is 4.79 Å². The fraction of sp³-hybridized carbons (Fsp3) is 0.600. The largest absolute Gasteiger partial charge is 0.347 e. The number of carbonyl (C=O) groups is 1. The van der Waals surface area contributed by atoms with Crippen LogP contribution < -0.4 is 5.32 Å². The van der Waals surface area contributed by atoms with Gasteiger partial charge in [-0.1, -0.05) is 6.07 Å². The van der Waals surface area contributed by atoms with Gasteiger partial charge in [0.1, 0.15) is 0 Å². The second kappa shape index (κ2) is 4.67. The highest BCUT2D eigenvalue weighted by Gasteiger charge is 2.48. The average molecular weight is 289 g/mol. The second-order valence-corrected chi connectivity index (χ2v) is 7.12. The molecule has 0 aromatic carbocycles. The van der Waals surface area contributed by atoms with Crippen molar-refractivity contribution in [2.75, 3.05) is 26.2 Å². The van der Waals surface area contributed by atoms with Crippen LogP contribution in [0.15, 0.2) is 22.5 Å². The maximum atomic E-state index is 12.3. The van der Waals surface area contributed by atoms with Gasteiger partial charge in [-0.25, -0.2) is 0 Å². The number of thiophene rings is 1. The molecule has 0 aliphatic carbocycles. The fourth-order valence-electron chi connectivity index (χ4n) is 3.91. The van der Waals surface area contributed by atoms with Gasteiger partial charge in [0.25, 0.3) is 0 Å². The first kappa shape index (κ1) is 12.5. The molecule has 3 fully saturated rings. The molecule has 1 spiro atoms. The molecule has 1 aromatic heterocycles. The average Bonchev–Trinajstić information content (AvgIpc) is 2.93. The van der Waals surface area contributed by atoms with E-state index in [4.69, 9.17) is 4.99 Å². The highest BCUT2D eigenvalue weighted by molar-refractivity contribution is 7.12. The lowest BCUT2D eigenvalue weighted by atomic mass is 9.72. The number of hydrogen-bond acceptors (Lipinski definition) is 4. The fourth-order valence-corrected chi connectivity index (χ4v) is 4.64. The summed E-state index contributed by atoms with van der Waals surface area (Å²) in [4.78, 5) is 20.8. The molecule has 1 atom stereocenters. The third-order valence-corrected chi connectivity index (χ3v) is 5.87. The maximum Gasteiger partial charge on any atom is 0.226 e. The third kappa shape index (κ3) is 2.00. The van der Waals surface area contributed by atoms with Gasteiger partial charge in [-0.15, -0.1) is 11.3 Å². The van der Waals surface area contributed by atoms with Crippen LogP contribution in [0.25, 0.3) is 0 Å². The Bertz CT molecular complexity index is 545. The number of carbonyl (C=O) groups excluding carboxylic acids is 1. The summed E-state index contributed by atoms with van der Waals surface area (Å²) in [6, 6.07) is 4.08. The molecule has 5 heteroatoms. The van der Waals surface area contributed by atoms with Crippen LogP contribution in [0.1, 0.15) is 24.1 Å². The van der Waals surface area contributed by atoms with E-state index in [0.29, 0.717) is 12.3 Å². The first-order valence-corrected chi connectivity index (χ1v) is 8.24. The Hall–Kier alpha value is -1.20. The quantitative estimate of drug-likeness (QED) is 0.852. The zero-order valence-electron chi connectivity index (χ0n) is 11.5. The molecule has 5 rings (SSSR count). The topological polar surface area (TPSA) is 44.7 Å². The van der Waals surface area contributed by atoms with Crippen LogP contribution in [-0.2, 0) is 4.79 Å². The SMILES string of the molecule is O=C1CC(c2cccs2)=NCC2(CN3CCC2CC3)N1. The number of piperidine rings is 3. The predicted molar refractivity (Wildman–Crippen MR) is 80.4 cm³/mol. The van der Waals surface area contributed by atoms with Crippen LogP contribution in [0, 0.1) is 5.92 Å². The van der Waals surface area contributed by atoms with E-state index in [2.05, 4.69) is 16.3 Å². The van der Waals surface area contributed by atoms with Gasteiger partial charge < -0.3 is 10.2 Å². The summed E-state index contributed by atoms with van der Waals surface area (Å²) in [6.45, 7) is 4.09. The first-order chi connectivity index (χ1) is 9.75. The van der Waals surface area contributed by atoms with Crippen LogP contribution >= 0.6 is 11.3 Å². The second-order valence-electron chi connectivity index (χ2n) is 6.17. The monoisotopic (exact) mass is 289 g/mol. The van der Waals surface area contributed by atoms with Crippen molar-refractivity contribution in [2.24, 2.45) is 10.9 Å². The van der Waals surface area contributed by atoms with E-state index in [1.807, 2.05) is 11.4 Å². The Morgan fingerprint density at radius 3 is 2.90 bits per heavy atom. The van der Waals surface area contributed by atoms with E-state index < -0.39 is 0 Å². The Kier molecular flexibility index (Phi) is 2.93. The zero-order valence-corrected chi connectivity index (χ0v) is 12.3. The molecule has 3 saturated heterocycles. The van der Waals surface area contributed by atoms with Gasteiger partial charge in [-0.2, -0.15) is 0 Å². The normalized spacial score (nSPS) is 36.6. The molecule has 4 nitrogen and oxygen atoms in total. The Morgan fingerprint density at radius 2 is 2.25 bits per heavy atom. The van der Waals surface area contributed by atoms with Crippen LogP contribution in [0.4, 0.5) is 0 Å². The van der Waals surface area contributed by atoms with Crippen molar-refractivity contribution >= 4 is 23.0 Å². The van der Waals surface area contributed by atoms with Gasteiger partial charge in [0, 0.05) is 11.4 Å². The number of rotatable bonds is 1. The summed E-state index contributed by atoms with van der Waals surface area (Å²) in [5.74, 6) is 0.742. The van der Waals surface area contributed by atoms with Crippen molar-refractivity contribution in [1.29, 1.82) is 0 Å². The molecular weight excluding hydrogens is 270 g/mol. The Labute approximate surface area is 122 Å². The van der Waals surface area contributed by atoms with Crippen LogP contribution in [-0.4, -0.2) is 48.2 Å². The molecule has 1 aromatic rings. The number of aliphatic imine (C=N–C) groups is 1. The molecule has 20 heavy (non-hydrogen) atoms. The lowest BCUT2D eigenvalue weighted by Gasteiger charge is -2.52. The Morgan fingerprint density at radius 1 is 1.40 bits per heavy atom. The maximum absolute atomic E-state index is 12.3. The van der Waals surface area contributed by atoms with Gasteiger partial charge in [0.2, 0.25) is 5.91 Å². The number of hydrogen-bond donors (Lipinski definition) is 1. The summed E-state index contributed by atoms with van der Waals surface area (Å²) in [5.41, 5.74) is 0.859. The molecule has 1 amide bonds. The minimum Gasteiger partial charge on any atom is -0.347 e. The van der Waals surface area contributed by atoms with E-state index in [1.54, 1.807) is 11.3 Å². The molecule has 1 N–H and O–H groups in total. The van der Waals surface area contributed by atoms with Crippen LogP contribution in [0.3, 0.4) is 0 Å². The first-order valence-electron chi connectivity index (χ1n) is 7.36. The van der Waals surface area contributed by atoms with E-state index in [1.165, 1.54) is 25.9 Å². The summed E-state index contributed by atoms with van der Waals surface area (Å²) in [7, 11) is 0. The number of amides is 1. The summed E-state index contributed by atoms with van der Waals surface area (Å²) in [6.07, 6.45) is 2.82. The van der Waals surface area contributed by atoms with Crippen molar-refractivity contribution in [3.63, 3.8) is 0 Å². The molecule has 1 unspecified atom stereocenters. The van der Waals surface area contributed by atoms with Crippen molar-refractivity contribution in [1.82, 2.24) is 10.2 Å². The van der Waals surface area contributed by atoms with Crippen LogP contribution in [0.2, 0.25) is 0 Å². The van der Waals surface area contributed by atoms with Gasteiger partial charge in [0.15, 0.2) is 0 Å². The highest BCUT2D eigenvalue weighted by Crippen LogP contribution is 2.37. The molecule has 4 aliphatic heterocycles. The Balaban J connectivity index is 1.65. The lowest BCUT2D eigenvalue weighted by Crippen LogP contribution is -2.68. The lowest BCUT2D eigenvalue weighted by molar-refractivity contribution is -0.124. The molecular formula is C15H19N3OS. The van der Waals surface area contributed by atoms with Crippen molar-refractivity contribution in [2.45, 2.75) is 24.8 Å². The standard InChI is InChI=1S/C15H19N3OS/c19-14-8-12(13-2-1-7-20-13)16-9-15(17-14)10-18-5-3-11(15)4-6-18/h1-2,7,11H,3-6,8-10H2,(H,17,19). The number of nitrogens with zero attached hydrogens (tertiary/aromatic N) is 2. The molecule has 5 heterocycles. The highest BCUT2D eigenvalue weighted by atomic mass is 32.1. The third-order valence-electron chi connectivity index (χ3n) is 4.95. The molecule has 106 valence electrons. The van der Waals surface area contributed by atoms with Gasteiger partial charge >= 0.3 is 0 Å². The number of nitrogens with one attached hydrogen (secondary N) is 1. The molecule has 2 bridgehead atoms. The smallest absolute Gasteiger partial charge is 0.226 e. The minimum absolute atomic E-state index is 0.105.